The second-order valence-corrected chi connectivity index (χ2v) is 4.53. The van der Waals surface area contributed by atoms with Crippen LogP contribution in [0.3, 0.4) is 0 Å². The molecule has 0 saturated carbocycles. The fourth-order valence-corrected chi connectivity index (χ4v) is 1.73. The van der Waals surface area contributed by atoms with Gasteiger partial charge in [-0.15, -0.1) is 0 Å². The summed E-state index contributed by atoms with van der Waals surface area (Å²) in [6, 6.07) is 0. The predicted octanol–water partition coefficient (Wildman–Crippen LogP) is 3.70. The molecule has 0 aliphatic heterocycles. The lowest BCUT2D eigenvalue weighted by Gasteiger charge is -2.17. The van der Waals surface area contributed by atoms with Crippen molar-refractivity contribution in [2.24, 2.45) is 0 Å². The van der Waals surface area contributed by atoms with Gasteiger partial charge in [-0.3, -0.25) is 0 Å². The predicted molar refractivity (Wildman–Crippen MR) is 56.2 cm³/mol. The Morgan fingerprint density at radius 2 is 1.77 bits per heavy atom. The van der Waals surface area contributed by atoms with Gasteiger partial charge in [0.05, 0.1) is 6.26 Å². The van der Waals surface area contributed by atoms with Crippen LogP contribution < -0.4 is 0 Å². The van der Waals surface area contributed by atoms with Crippen LogP contribution in [-0.2, 0) is 18.3 Å². The fourth-order valence-electron chi connectivity index (χ4n) is 1.73. The van der Waals surface area contributed by atoms with Gasteiger partial charge in [0.2, 0.25) is 0 Å². The van der Waals surface area contributed by atoms with Crippen LogP contribution in [0.25, 0.3) is 0 Å². The first-order valence-corrected chi connectivity index (χ1v) is 5.10. The maximum atomic E-state index is 5.64. The van der Waals surface area contributed by atoms with Gasteiger partial charge in [-0.25, -0.2) is 0 Å². The van der Waals surface area contributed by atoms with Crippen molar-refractivity contribution in [1.29, 1.82) is 0 Å². The first kappa shape index (κ1) is 10.4. The molecule has 0 saturated heterocycles. The molecule has 0 spiro atoms. The lowest BCUT2D eigenvalue weighted by molar-refractivity contribution is 0.404. The van der Waals surface area contributed by atoms with E-state index in [1.54, 1.807) is 0 Å². The van der Waals surface area contributed by atoms with E-state index in [0.29, 0.717) is 0 Å². The van der Waals surface area contributed by atoms with Gasteiger partial charge in [0.25, 0.3) is 0 Å². The third kappa shape index (κ3) is 1.96. The molecule has 0 radical (unpaired) electrons. The van der Waals surface area contributed by atoms with Gasteiger partial charge in [-0.2, -0.15) is 0 Å². The maximum Gasteiger partial charge on any atom is 0.112 e. The lowest BCUT2D eigenvalue weighted by atomic mass is 9.88. The second-order valence-electron chi connectivity index (χ2n) is 4.53. The van der Waals surface area contributed by atoms with Crippen molar-refractivity contribution >= 4 is 0 Å². The van der Waals surface area contributed by atoms with Crippen molar-refractivity contribution < 1.29 is 4.42 Å². The molecule has 1 aromatic rings. The van der Waals surface area contributed by atoms with Gasteiger partial charge >= 0.3 is 0 Å². The van der Waals surface area contributed by atoms with Crippen LogP contribution in [0.15, 0.2) is 10.7 Å². The highest BCUT2D eigenvalue weighted by molar-refractivity contribution is 5.32. The van der Waals surface area contributed by atoms with E-state index in [1.807, 2.05) is 6.26 Å². The van der Waals surface area contributed by atoms with E-state index < -0.39 is 0 Å². The minimum absolute atomic E-state index is 0.138. The molecule has 0 bridgehead atoms. The molecule has 1 heteroatoms. The molecule has 0 unspecified atom stereocenters. The highest BCUT2D eigenvalue weighted by atomic mass is 16.3. The first-order valence-electron chi connectivity index (χ1n) is 5.10. The smallest absolute Gasteiger partial charge is 0.112 e. The Morgan fingerprint density at radius 1 is 1.15 bits per heavy atom. The Kier molecular flexibility index (Phi) is 2.84. The topological polar surface area (TPSA) is 13.1 Å². The molecule has 13 heavy (non-hydrogen) atoms. The average Bonchev–Trinajstić information content (AvgIpc) is 2.45. The first-order chi connectivity index (χ1) is 6.00. The van der Waals surface area contributed by atoms with Crippen LogP contribution in [0.4, 0.5) is 0 Å². The van der Waals surface area contributed by atoms with Gasteiger partial charge in [-0.1, -0.05) is 34.6 Å². The zero-order chi connectivity index (χ0) is 10.1. The standard InChI is InChI=1S/C12H20O/c1-6-9-8-13-11(10(9)7-2)12(3,4)5/h8H,6-7H2,1-5H3. The number of furan rings is 1. The molecule has 1 rings (SSSR count). The summed E-state index contributed by atoms with van der Waals surface area (Å²) in [5.41, 5.74) is 2.92. The van der Waals surface area contributed by atoms with E-state index in [-0.39, 0.29) is 5.41 Å². The minimum Gasteiger partial charge on any atom is -0.468 e. The summed E-state index contributed by atoms with van der Waals surface area (Å²) in [7, 11) is 0. The summed E-state index contributed by atoms with van der Waals surface area (Å²) in [5, 5.41) is 0. The van der Waals surface area contributed by atoms with E-state index in [0.717, 1.165) is 18.6 Å². The molecule has 0 amide bonds. The van der Waals surface area contributed by atoms with Gasteiger partial charge in [0.15, 0.2) is 0 Å². The maximum absolute atomic E-state index is 5.64. The summed E-state index contributed by atoms with van der Waals surface area (Å²) in [4.78, 5) is 0. The average molecular weight is 180 g/mol. The highest BCUT2D eigenvalue weighted by Crippen LogP contribution is 2.30. The molecular weight excluding hydrogens is 160 g/mol. The molecule has 1 aromatic heterocycles. The van der Waals surface area contributed by atoms with Crippen molar-refractivity contribution in [2.75, 3.05) is 0 Å². The van der Waals surface area contributed by atoms with E-state index in [9.17, 15) is 0 Å². The Morgan fingerprint density at radius 3 is 2.15 bits per heavy atom. The van der Waals surface area contributed by atoms with Gasteiger partial charge < -0.3 is 4.42 Å². The van der Waals surface area contributed by atoms with Crippen molar-refractivity contribution in [3.05, 3.63) is 23.2 Å². The van der Waals surface area contributed by atoms with Crippen LogP contribution >= 0.6 is 0 Å². The van der Waals surface area contributed by atoms with Crippen LogP contribution in [0, 0.1) is 0 Å². The molecule has 0 aliphatic rings. The SMILES string of the molecule is CCc1coc(C(C)(C)C)c1CC. The third-order valence-corrected chi connectivity index (χ3v) is 2.40. The number of rotatable bonds is 2. The van der Waals surface area contributed by atoms with Crippen LogP contribution in [0.2, 0.25) is 0 Å². The van der Waals surface area contributed by atoms with Gasteiger partial charge in [0, 0.05) is 5.41 Å². The minimum atomic E-state index is 0.138. The molecule has 74 valence electrons. The van der Waals surface area contributed by atoms with Crippen molar-refractivity contribution in [3.63, 3.8) is 0 Å². The summed E-state index contributed by atoms with van der Waals surface area (Å²) >= 11 is 0. The number of aryl methyl sites for hydroxylation is 1. The van der Waals surface area contributed by atoms with Crippen molar-refractivity contribution in [3.8, 4) is 0 Å². The van der Waals surface area contributed by atoms with E-state index in [4.69, 9.17) is 4.42 Å². The Bertz CT molecular complexity index is 276. The lowest BCUT2D eigenvalue weighted by Crippen LogP contribution is -2.12. The Hall–Kier alpha value is -0.720. The molecule has 1 nitrogen and oxygen atoms in total. The molecule has 0 aromatic carbocycles. The normalized spacial score (nSPS) is 12.1. The van der Waals surface area contributed by atoms with Crippen LogP contribution in [0.5, 0.6) is 0 Å². The monoisotopic (exact) mass is 180 g/mol. The number of hydrogen-bond donors (Lipinski definition) is 0. The number of hydrogen-bond acceptors (Lipinski definition) is 1. The van der Waals surface area contributed by atoms with Crippen LogP contribution in [-0.4, -0.2) is 0 Å². The summed E-state index contributed by atoms with van der Waals surface area (Å²) in [6.45, 7) is 11.0. The molecule has 1 heterocycles. The summed E-state index contributed by atoms with van der Waals surface area (Å²) < 4.78 is 5.64. The van der Waals surface area contributed by atoms with Crippen molar-refractivity contribution in [2.45, 2.75) is 52.9 Å². The molecule has 0 N–H and O–H groups in total. The summed E-state index contributed by atoms with van der Waals surface area (Å²) in [6.07, 6.45) is 4.06. The second kappa shape index (κ2) is 3.57. The molecule has 0 atom stereocenters. The largest absolute Gasteiger partial charge is 0.468 e. The van der Waals surface area contributed by atoms with Gasteiger partial charge in [-0.05, 0) is 24.0 Å². The third-order valence-electron chi connectivity index (χ3n) is 2.40. The molecule has 0 aliphatic carbocycles. The van der Waals surface area contributed by atoms with E-state index >= 15 is 0 Å². The molecule has 0 fully saturated rings. The zero-order valence-electron chi connectivity index (χ0n) is 9.40. The Balaban J connectivity index is 3.16. The zero-order valence-corrected chi connectivity index (χ0v) is 9.40. The van der Waals surface area contributed by atoms with Crippen LogP contribution in [0.1, 0.15) is 51.5 Å². The Labute approximate surface area is 81.1 Å². The van der Waals surface area contributed by atoms with E-state index in [2.05, 4.69) is 34.6 Å². The fraction of sp³-hybridized carbons (Fsp3) is 0.667. The summed E-state index contributed by atoms with van der Waals surface area (Å²) in [5.74, 6) is 1.16. The quantitative estimate of drug-likeness (QED) is 0.676. The van der Waals surface area contributed by atoms with Gasteiger partial charge in [0.1, 0.15) is 5.76 Å². The van der Waals surface area contributed by atoms with E-state index in [1.165, 1.54) is 11.1 Å². The van der Waals surface area contributed by atoms with Crippen molar-refractivity contribution in [1.82, 2.24) is 0 Å². The molecular formula is C12H20O. The highest BCUT2D eigenvalue weighted by Gasteiger charge is 2.22.